The standard InChI is InChI=1S/C26H36N2O8/c1-31-26(30)22-5-9-24(10-6-22)36-20-18-34-16-14-32-13-15-33-17-19-35-23-7-3-21(4-8-23)25(29)28-12-2-11-27/h3-10H,2,11-20,27H2,1H3,(H,28,29). The van der Waals surface area contributed by atoms with E-state index < -0.39 is 0 Å². The first-order chi connectivity index (χ1) is 17.6. The van der Waals surface area contributed by atoms with Crippen molar-refractivity contribution in [1.29, 1.82) is 0 Å². The van der Waals surface area contributed by atoms with Gasteiger partial charge < -0.3 is 39.5 Å². The number of hydrogen-bond donors (Lipinski definition) is 2. The SMILES string of the molecule is COC(=O)c1ccc(OCCOCCOCCOCCOc2ccc(C(=O)NCCCN)cc2)cc1. The second-order valence-electron chi connectivity index (χ2n) is 7.47. The molecule has 1 amide bonds. The summed E-state index contributed by atoms with van der Waals surface area (Å²) in [7, 11) is 1.34. The monoisotopic (exact) mass is 504 g/mol. The van der Waals surface area contributed by atoms with Crippen molar-refractivity contribution < 1.29 is 38.0 Å². The number of nitrogens with one attached hydrogen (secondary N) is 1. The summed E-state index contributed by atoms with van der Waals surface area (Å²) >= 11 is 0. The van der Waals surface area contributed by atoms with E-state index in [4.69, 9.17) is 29.4 Å². The molecule has 0 aliphatic carbocycles. The maximum Gasteiger partial charge on any atom is 0.337 e. The van der Waals surface area contributed by atoms with Crippen LogP contribution in [0, 0.1) is 0 Å². The smallest absolute Gasteiger partial charge is 0.337 e. The molecular weight excluding hydrogens is 468 g/mol. The van der Waals surface area contributed by atoms with Crippen molar-refractivity contribution in [2.45, 2.75) is 6.42 Å². The van der Waals surface area contributed by atoms with E-state index in [0.717, 1.165) is 6.42 Å². The van der Waals surface area contributed by atoms with Crippen LogP contribution in [-0.4, -0.2) is 84.9 Å². The van der Waals surface area contributed by atoms with Crippen molar-refractivity contribution in [2.75, 3.05) is 73.1 Å². The number of rotatable bonds is 19. The fourth-order valence-electron chi connectivity index (χ4n) is 2.89. The largest absolute Gasteiger partial charge is 0.491 e. The maximum atomic E-state index is 11.9. The average molecular weight is 505 g/mol. The van der Waals surface area contributed by atoms with Gasteiger partial charge in [-0.05, 0) is 61.5 Å². The van der Waals surface area contributed by atoms with Crippen LogP contribution in [0.25, 0.3) is 0 Å². The minimum Gasteiger partial charge on any atom is -0.491 e. The Balaban J connectivity index is 1.39. The van der Waals surface area contributed by atoms with Crippen LogP contribution in [0.2, 0.25) is 0 Å². The molecule has 36 heavy (non-hydrogen) atoms. The molecule has 2 aromatic carbocycles. The molecule has 0 atom stereocenters. The molecule has 0 aromatic heterocycles. The topological polar surface area (TPSA) is 128 Å². The lowest BCUT2D eigenvalue weighted by atomic mass is 10.2. The Morgan fingerprint density at radius 1 is 0.694 bits per heavy atom. The van der Waals surface area contributed by atoms with Gasteiger partial charge in [-0.15, -0.1) is 0 Å². The molecule has 0 unspecified atom stereocenters. The van der Waals surface area contributed by atoms with Crippen LogP contribution < -0.4 is 20.5 Å². The Morgan fingerprint density at radius 2 is 1.14 bits per heavy atom. The molecular formula is C26H36N2O8. The van der Waals surface area contributed by atoms with Crippen molar-refractivity contribution in [2.24, 2.45) is 5.73 Å². The highest BCUT2D eigenvalue weighted by molar-refractivity contribution is 5.94. The molecule has 0 heterocycles. The van der Waals surface area contributed by atoms with Gasteiger partial charge in [-0.3, -0.25) is 4.79 Å². The minimum absolute atomic E-state index is 0.124. The van der Waals surface area contributed by atoms with Crippen LogP contribution >= 0.6 is 0 Å². The number of methoxy groups -OCH3 is 1. The summed E-state index contributed by atoms with van der Waals surface area (Å²) < 4.78 is 32.2. The van der Waals surface area contributed by atoms with Crippen molar-refractivity contribution in [3.05, 3.63) is 59.7 Å². The Labute approximate surface area is 211 Å². The molecule has 0 fully saturated rings. The van der Waals surface area contributed by atoms with Gasteiger partial charge in [-0.2, -0.15) is 0 Å². The molecule has 0 radical (unpaired) electrons. The third kappa shape index (κ3) is 12.0. The van der Waals surface area contributed by atoms with Crippen LogP contribution in [0.1, 0.15) is 27.1 Å². The summed E-state index contributed by atoms with van der Waals surface area (Å²) in [5.74, 6) is 0.823. The first kappa shape index (κ1) is 29.1. The van der Waals surface area contributed by atoms with E-state index in [1.54, 1.807) is 48.5 Å². The first-order valence-corrected chi connectivity index (χ1v) is 11.9. The van der Waals surface area contributed by atoms with Crippen molar-refractivity contribution >= 4 is 11.9 Å². The van der Waals surface area contributed by atoms with E-state index in [0.29, 0.717) is 88.6 Å². The lowest BCUT2D eigenvalue weighted by molar-refractivity contribution is 0.00499. The van der Waals surface area contributed by atoms with Crippen LogP contribution in [-0.2, 0) is 18.9 Å². The zero-order valence-electron chi connectivity index (χ0n) is 20.7. The first-order valence-electron chi connectivity index (χ1n) is 11.9. The lowest BCUT2D eigenvalue weighted by Crippen LogP contribution is -2.25. The summed E-state index contributed by atoms with van der Waals surface area (Å²) in [5.41, 5.74) is 6.47. The number of amides is 1. The molecule has 3 N–H and O–H groups in total. The molecule has 198 valence electrons. The number of hydrogen-bond acceptors (Lipinski definition) is 9. The zero-order chi connectivity index (χ0) is 25.8. The molecule has 0 saturated heterocycles. The Bertz CT molecular complexity index is 875. The molecule has 10 nitrogen and oxygen atoms in total. The van der Waals surface area contributed by atoms with Gasteiger partial charge in [-0.1, -0.05) is 0 Å². The Hall–Kier alpha value is -3.18. The normalized spacial score (nSPS) is 10.6. The Morgan fingerprint density at radius 3 is 1.58 bits per heavy atom. The fraction of sp³-hybridized carbons (Fsp3) is 0.462. The second kappa shape index (κ2) is 18.1. The Kier molecular flexibility index (Phi) is 14.6. The van der Waals surface area contributed by atoms with Gasteiger partial charge in [0.2, 0.25) is 0 Å². The molecule has 2 rings (SSSR count). The van der Waals surface area contributed by atoms with Crippen LogP contribution in [0.4, 0.5) is 0 Å². The number of benzene rings is 2. The van der Waals surface area contributed by atoms with Crippen LogP contribution in [0.5, 0.6) is 11.5 Å². The van der Waals surface area contributed by atoms with E-state index >= 15 is 0 Å². The summed E-state index contributed by atoms with van der Waals surface area (Å²) in [5, 5.41) is 2.81. The van der Waals surface area contributed by atoms with E-state index in [2.05, 4.69) is 10.1 Å². The van der Waals surface area contributed by atoms with Crippen LogP contribution in [0.15, 0.2) is 48.5 Å². The third-order valence-corrected chi connectivity index (χ3v) is 4.80. The van der Waals surface area contributed by atoms with Gasteiger partial charge >= 0.3 is 5.97 Å². The van der Waals surface area contributed by atoms with E-state index in [1.807, 2.05) is 0 Å². The second-order valence-corrected chi connectivity index (χ2v) is 7.47. The van der Waals surface area contributed by atoms with E-state index in [9.17, 15) is 9.59 Å². The molecule has 0 spiro atoms. The van der Waals surface area contributed by atoms with Crippen LogP contribution in [0.3, 0.4) is 0 Å². The van der Waals surface area contributed by atoms with Gasteiger partial charge in [0.15, 0.2) is 0 Å². The number of carbonyl (C=O) groups excluding carboxylic acids is 2. The van der Waals surface area contributed by atoms with Gasteiger partial charge in [0, 0.05) is 12.1 Å². The van der Waals surface area contributed by atoms with E-state index in [1.165, 1.54) is 7.11 Å². The van der Waals surface area contributed by atoms with Crippen molar-refractivity contribution in [3.8, 4) is 11.5 Å². The summed E-state index contributed by atoms with van der Waals surface area (Å²) in [6.45, 7) is 4.58. The number of ether oxygens (including phenoxy) is 6. The van der Waals surface area contributed by atoms with Gasteiger partial charge in [0.1, 0.15) is 24.7 Å². The van der Waals surface area contributed by atoms with E-state index in [-0.39, 0.29) is 11.9 Å². The molecule has 0 saturated carbocycles. The highest BCUT2D eigenvalue weighted by Gasteiger charge is 2.05. The summed E-state index contributed by atoms with van der Waals surface area (Å²) in [6, 6.07) is 13.7. The highest BCUT2D eigenvalue weighted by atomic mass is 16.6. The number of carbonyl (C=O) groups is 2. The number of nitrogens with two attached hydrogens (primary N) is 1. The summed E-state index contributed by atoms with van der Waals surface area (Å²) in [4.78, 5) is 23.3. The summed E-state index contributed by atoms with van der Waals surface area (Å²) in [6.07, 6.45) is 0.750. The molecule has 2 aromatic rings. The molecule has 0 bridgehead atoms. The predicted octanol–water partition coefficient (Wildman–Crippen LogP) is 2.06. The highest BCUT2D eigenvalue weighted by Crippen LogP contribution is 2.13. The zero-order valence-corrected chi connectivity index (χ0v) is 20.7. The maximum absolute atomic E-state index is 11.9. The quantitative estimate of drug-likeness (QED) is 0.218. The predicted molar refractivity (Wildman–Crippen MR) is 134 cm³/mol. The van der Waals surface area contributed by atoms with Gasteiger partial charge in [-0.25, -0.2) is 4.79 Å². The lowest BCUT2D eigenvalue weighted by Gasteiger charge is -2.09. The molecule has 0 aliphatic heterocycles. The number of esters is 1. The minimum atomic E-state index is -0.382. The fourth-order valence-corrected chi connectivity index (χ4v) is 2.89. The molecule has 10 heteroatoms. The van der Waals surface area contributed by atoms with Crippen molar-refractivity contribution in [3.63, 3.8) is 0 Å². The van der Waals surface area contributed by atoms with Crippen molar-refractivity contribution in [1.82, 2.24) is 5.32 Å². The third-order valence-electron chi connectivity index (χ3n) is 4.80. The average Bonchev–Trinajstić information content (AvgIpc) is 2.91. The van der Waals surface area contributed by atoms with Gasteiger partial charge in [0.25, 0.3) is 5.91 Å². The molecule has 0 aliphatic rings. The van der Waals surface area contributed by atoms with Gasteiger partial charge in [0.05, 0.1) is 52.3 Å².